The molecule has 0 aromatic heterocycles. The maximum absolute atomic E-state index is 13.1. The van der Waals surface area contributed by atoms with Gasteiger partial charge in [-0.2, -0.15) is 0 Å². The molecule has 8 nitrogen and oxygen atoms in total. The number of nitrogens with zero attached hydrogens (tertiary/aromatic N) is 2. The third kappa shape index (κ3) is 5.50. The number of halogens is 1. The first-order valence-electron chi connectivity index (χ1n) is 8.84. The first-order valence-corrected chi connectivity index (χ1v) is 10.7. The summed E-state index contributed by atoms with van der Waals surface area (Å²) in [6.45, 7) is 3.33. The number of benzene rings is 2. The molecule has 29 heavy (non-hydrogen) atoms. The van der Waals surface area contributed by atoms with Crippen LogP contribution >= 0.6 is 0 Å². The van der Waals surface area contributed by atoms with E-state index in [1.165, 1.54) is 42.5 Å². The smallest absolute Gasteiger partial charge is 0.271 e. The van der Waals surface area contributed by atoms with Gasteiger partial charge in [0, 0.05) is 12.1 Å². The van der Waals surface area contributed by atoms with Crippen LogP contribution in [0.2, 0.25) is 0 Å². The van der Waals surface area contributed by atoms with E-state index in [4.69, 9.17) is 0 Å². The van der Waals surface area contributed by atoms with Gasteiger partial charge in [-0.25, -0.2) is 12.8 Å². The number of carbonyl (C=O) groups is 1. The van der Waals surface area contributed by atoms with Crippen LogP contribution in [0.3, 0.4) is 0 Å². The highest BCUT2D eigenvalue weighted by Crippen LogP contribution is 2.27. The molecule has 0 spiro atoms. The molecular weight excluding hydrogens is 401 g/mol. The number of anilines is 1. The summed E-state index contributed by atoms with van der Waals surface area (Å²) >= 11 is 0. The lowest BCUT2D eigenvalue weighted by atomic mass is 10.1. The van der Waals surface area contributed by atoms with Gasteiger partial charge in [0.1, 0.15) is 11.9 Å². The van der Waals surface area contributed by atoms with Crippen LogP contribution in [0.5, 0.6) is 0 Å². The maximum atomic E-state index is 13.1. The van der Waals surface area contributed by atoms with E-state index in [1.54, 1.807) is 13.8 Å². The van der Waals surface area contributed by atoms with Crippen molar-refractivity contribution in [3.8, 4) is 0 Å². The Balaban J connectivity index is 2.35. The standard InChI is InChI=1S/C19H22FN3O5S/c1-4-18(19(24)21-13(2)14-8-10-15(20)11-9-14)22(29(3,27)28)16-6-5-7-17(12-16)23(25)26/h5-13,18H,4H2,1-3H3,(H,21,24)/t13-,18-/m0/s1. The number of non-ortho nitro benzene ring substituents is 1. The van der Waals surface area contributed by atoms with Crippen LogP contribution in [-0.2, 0) is 14.8 Å². The van der Waals surface area contributed by atoms with Crippen molar-refractivity contribution in [1.29, 1.82) is 0 Å². The minimum absolute atomic E-state index is 0.0261. The average molecular weight is 423 g/mol. The summed E-state index contributed by atoms with van der Waals surface area (Å²) in [5.41, 5.74) is 0.389. The summed E-state index contributed by atoms with van der Waals surface area (Å²) in [5.74, 6) is -0.978. The zero-order valence-electron chi connectivity index (χ0n) is 16.2. The first kappa shape index (κ1) is 22.3. The molecular formula is C19H22FN3O5S. The fourth-order valence-corrected chi connectivity index (χ4v) is 4.15. The SMILES string of the molecule is CC[C@@H](C(=O)N[C@@H](C)c1ccc(F)cc1)N(c1cccc([N+](=O)[O-])c1)S(C)(=O)=O. The van der Waals surface area contributed by atoms with Gasteiger partial charge in [0.25, 0.3) is 5.69 Å². The topological polar surface area (TPSA) is 110 Å². The molecule has 0 aliphatic heterocycles. The van der Waals surface area contributed by atoms with Gasteiger partial charge in [-0.3, -0.25) is 19.2 Å². The molecule has 1 N–H and O–H groups in total. The molecule has 0 bridgehead atoms. The van der Waals surface area contributed by atoms with Crippen molar-refractivity contribution in [2.75, 3.05) is 10.6 Å². The van der Waals surface area contributed by atoms with Crippen LogP contribution in [0.25, 0.3) is 0 Å². The largest absolute Gasteiger partial charge is 0.348 e. The second kappa shape index (κ2) is 8.99. The van der Waals surface area contributed by atoms with Crippen LogP contribution in [0.15, 0.2) is 48.5 Å². The summed E-state index contributed by atoms with van der Waals surface area (Å²) in [6, 6.07) is 9.07. The van der Waals surface area contributed by atoms with E-state index in [0.717, 1.165) is 16.6 Å². The highest BCUT2D eigenvalue weighted by molar-refractivity contribution is 7.92. The monoisotopic (exact) mass is 423 g/mol. The Labute approximate surface area is 168 Å². The molecule has 2 atom stereocenters. The molecule has 0 fully saturated rings. The van der Waals surface area contributed by atoms with E-state index in [-0.39, 0.29) is 17.8 Å². The Kier molecular flexibility index (Phi) is 6.91. The normalized spacial score (nSPS) is 13.4. The molecule has 0 aliphatic rings. The number of carbonyl (C=O) groups excluding carboxylic acids is 1. The van der Waals surface area contributed by atoms with Gasteiger partial charge in [0.2, 0.25) is 15.9 Å². The fourth-order valence-electron chi connectivity index (χ4n) is 2.95. The van der Waals surface area contributed by atoms with Crippen LogP contribution < -0.4 is 9.62 Å². The molecule has 2 rings (SSSR count). The number of amides is 1. The van der Waals surface area contributed by atoms with E-state index in [9.17, 15) is 27.7 Å². The molecule has 1 amide bonds. The zero-order chi connectivity index (χ0) is 21.8. The first-order chi connectivity index (χ1) is 13.5. The average Bonchev–Trinajstić information content (AvgIpc) is 2.65. The lowest BCUT2D eigenvalue weighted by molar-refractivity contribution is -0.384. The van der Waals surface area contributed by atoms with Crippen molar-refractivity contribution in [3.05, 3.63) is 70.0 Å². The Morgan fingerprint density at radius 3 is 2.38 bits per heavy atom. The molecule has 2 aromatic rings. The van der Waals surface area contributed by atoms with E-state index in [0.29, 0.717) is 5.56 Å². The number of nitro groups is 1. The molecule has 0 heterocycles. The van der Waals surface area contributed by atoms with E-state index >= 15 is 0 Å². The quantitative estimate of drug-likeness (QED) is 0.518. The third-order valence-electron chi connectivity index (χ3n) is 4.35. The maximum Gasteiger partial charge on any atom is 0.271 e. The van der Waals surface area contributed by atoms with Crippen molar-refractivity contribution >= 4 is 27.3 Å². The van der Waals surface area contributed by atoms with Crippen molar-refractivity contribution in [3.63, 3.8) is 0 Å². The summed E-state index contributed by atoms with van der Waals surface area (Å²) in [6.07, 6.45) is 1.07. The molecule has 0 saturated carbocycles. The highest BCUT2D eigenvalue weighted by Gasteiger charge is 2.32. The molecule has 0 unspecified atom stereocenters. The van der Waals surface area contributed by atoms with Crippen molar-refractivity contribution in [2.24, 2.45) is 0 Å². The second-order valence-electron chi connectivity index (χ2n) is 6.54. The number of nitro benzene ring substituents is 1. The van der Waals surface area contributed by atoms with Gasteiger partial charge in [-0.1, -0.05) is 25.1 Å². The van der Waals surface area contributed by atoms with Crippen molar-refractivity contribution < 1.29 is 22.5 Å². The lowest BCUT2D eigenvalue weighted by Crippen LogP contribution is -2.49. The Hall–Kier alpha value is -3.01. The molecule has 10 heteroatoms. The van der Waals surface area contributed by atoms with E-state index in [1.807, 2.05) is 0 Å². The predicted molar refractivity (Wildman–Crippen MR) is 107 cm³/mol. The van der Waals surface area contributed by atoms with Gasteiger partial charge in [-0.15, -0.1) is 0 Å². The third-order valence-corrected chi connectivity index (χ3v) is 5.53. The van der Waals surface area contributed by atoms with Gasteiger partial charge in [0.15, 0.2) is 0 Å². The number of hydrogen-bond donors (Lipinski definition) is 1. The highest BCUT2D eigenvalue weighted by atomic mass is 32.2. The Bertz CT molecular complexity index is 995. The number of hydrogen-bond acceptors (Lipinski definition) is 5. The fraction of sp³-hybridized carbons (Fsp3) is 0.316. The summed E-state index contributed by atoms with van der Waals surface area (Å²) in [7, 11) is -3.92. The van der Waals surface area contributed by atoms with Crippen molar-refractivity contribution in [2.45, 2.75) is 32.4 Å². The minimum Gasteiger partial charge on any atom is -0.348 e. The number of rotatable bonds is 8. The van der Waals surface area contributed by atoms with Crippen LogP contribution in [0.1, 0.15) is 31.9 Å². The number of sulfonamides is 1. The lowest BCUT2D eigenvalue weighted by Gasteiger charge is -2.31. The Morgan fingerprint density at radius 1 is 1.24 bits per heavy atom. The van der Waals surface area contributed by atoms with Gasteiger partial charge in [0.05, 0.1) is 22.9 Å². The predicted octanol–water partition coefficient (Wildman–Crippen LogP) is 3.16. The molecule has 0 aliphatic carbocycles. The van der Waals surface area contributed by atoms with Crippen LogP contribution in [-0.4, -0.2) is 31.5 Å². The zero-order valence-corrected chi connectivity index (χ0v) is 17.0. The molecule has 2 aromatic carbocycles. The Morgan fingerprint density at radius 2 is 1.86 bits per heavy atom. The van der Waals surface area contributed by atoms with Crippen LogP contribution in [0.4, 0.5) is 15.8 Å². The molecule has 0 radical (unpaired) electrons. The number of nitrogens with one attached hydrogen (secondary N) is 1. The van der Waals surface area contributed by atoms with Gasteiger partial charge in [-0.05, 0) is 37.1 Å². The van der Waals surface area contributed by atoms with Gasteiger partial charge < -0.3 is 5.32 Å². The molecule has 0 saturated heterocycles. The van der Waals surface area contributed by atoms with Crippen LogP contribution in [0, 0.1) is 15.9 Å². The second-order valence-corrected chi connectivity index (χ2v) is 8.40. The van der Waals surface area contributed by atoms with E-state index < -0.39 is 38.8 Å². The van der Waals surface area contributed by atoms with Gasteiger partial charge >= 0.3 is 0 Å². The van der Waals surface area contributed by atoms with E-state index in [2.05, 4.69) is 5.32 Å². The summed E-state index contributed by atoms with van der Waals surface area (Å²) < 4.78 is 38.9. The molecule has 156 valence electrons. The summed E-state index contributed by atoms with van der Waals surface area (Å²) in [4.78, 5) is 23.3. The van der Waals surface area contributed by atoms with Crippen molar-refractivity contribution in [1.82, 2.24) is 5.32 Å². The summed E-state index contributed by atoms with van der Waals surface area (Å²) in [5, 5.41) is 13.8. The minimum atomic E-state index is -3.92.